The molecule has 1 aliphatic heterocycles. The second-order valence-corrected chi connectivity index (χ2v) is 9.62. The lowest BCUT2D eigenvalue weighted by Gasteiger charge is -2.17. The molecule has 0 atom stereocenters. The number of imide groups is 1. The maximum Gasteiger partial charge on any atom is 0.324 e. The molecule has 0 bridgehead atoms. The summed E-state index contributed by atoms with van der Waals surface area (Å²) in [5.74, 6) is -0.382. The van der Waals surface area contributed by atoms with Crippen molar-refractivity contribution >= 4 is 28.5 Å². The van der Waals surface area contributed by atoms with Gasteiger partial charge in [0.25, 0.3) is 5.56 Å². The number of carbonyl (C=O) groups is 2. The molecular formula is C31H22N6O3. The Morgan fingerprint density at radius 3 is 2.25 bits per heavy atom. The summed E-state index contributed by atoms with van der Waals surface area (Å²) in [4.78, 5) is 48.0. The summed E-state index contributed by atoms with van der Waals surface area (Å²) in [5.41, 5.74) is 5.66. The van der Waals surface area contributed by atoms with Gasteiger partial charge in [0.05, 0.1) is 23.2 Å². The fourth-order valence-corrected chi connectivity index (χ4v) is 5.25. The number of carbonyl (C=O) groups excluding carboxylic acids is 2. The highest BCUT2D eigenvalue weighted by Crippen LogP contribution is 2.35. The first-order valence-corrected chi connectivity index (χ1v) is 12.8. The molecule has 4 heterocycles. The van der Waals surface area contributed by atoms with Gasteiger partial charge in [0, 0.05) is 22.8 Å². The second-order valence-electron chi connectivity index (χ2n) is 9.62. The quantitative estimate of drug-likeness (QED) is 0.318. The van der Waals surface area contributed by atoms with E-state index in [9.17, 15) is 14.4 Å². The van der Waals surface area contributed by atoms with Gasteiger partial charge in [-0.2, -0.15) is 9.61 Å². The van der Waals surface area contributed by atoms with E-state index in [1.165, 1.54) is 9.42 Å². The van der Waals surface area contributed by atoms with Crippen molar-refractivity contribution in [3.8, 4) is 33.5 Å². The van der Waals surface area contributed by atoms with Crippen LogP contribution in [0.25, 0.3) is 50.1 Å². The number of H-pyrrole nitrogens is 1. The minimum absolute atomic E-state index is 0.0316. The summed E-state index contributed by atoms with van der Waals surface area (Å²) in [5, 5.41) is 8.01. The maximum absolute atomic E-state index is 14.3. The Kier molecular flexibility index (Phi) is 5.48. The molecule has 9 nitrogen and oxygen atoms in total. The molecule has 3 aromatic heterocycles. The van der Waals surface area contributed by atoms with Crippen molar-refractivity contribution < 1.29 is 9.59 Å². The summed E-state index contributed by atoms with van der Waals surface area (Å²) in [6.07, 6.45) is 1.72. The Morgan fingerprint density at radius 1 is 0.775 bits per heavy atom. The van der Waals surface area contributed by atoms with E-state index in [-0.39, 0.29) is 24.6 Å². The van der Waals surface area contributed by atoms with Crippen LogP contribution in [0.3, 0.4) is 0 Å². The molecule has 7 rings (SSSR count). The number of aromatic amines is 1. The van der Waals surface area contributed by atoms with E-state index in [0.717, 1.165) is 27.6 Å². The number of aromatic nitrogens is 4. The van der Waals surface area contributed by atoms with E-state index < -0.39 is 6.03 Å². The van der Waals surface area contributed by atoms with Crippen molar-refractivity contribution in [3.63, 3.8) is 0 Å². The van der Waals surface area contributed by atoms with Gasteiger partial charge in [-0.1, -0.05) is 72.8 Å². The highest BCUT2D eigenvalue weighted by atomic mass is 16.2. The van der Waals surface area contributed by atoms with Gasteiger partial charge >= 0.3 is 6.03 Å². The normalized spacial score (nSPS) is 13.3. The first-order chi connectivity index (χ1) is 19.6. The average molecular weight is 527 g/mol. The van der Waals surface area contributed by atoms with Crippen LogP contribution in [0.4, 0.5) is 4.79 Å². The zero-order chi connectivity index (χ0) is 27.2. The number of urea groups is 1. The van der Waals surface area contributed by atoms with Crippen molar-refractivity contribution in [2.45, 2.75) is 6.54 Å². The number of rotatable bonds is 5. The highest BCUT2D eigenvalue weighted by Gasteiger charge is 2.29. The first kappa shape index (κ1) is 23.5. The Balaban J connectivity index is 1.53. The molecular weight excluding hydrogens is 504 g/mol. The summed E-state index contributed by atoms with van der Waals surface area (Å²) in [6.45, 7) is -0.0585. The van der Waals surface area contributed by atoms with Crippen molar-refractivity contribution in [1.82, 2.24) is 29.8 Å². The minimum atomic E-state index is -0.499. The first-order valence-electron chi connectivity index (χ1n) is 12.8. The molecule has 3 aromatic carbocycles. The number of hydrogen-bond donors (Lipinski definition) is 2. The molecule has 40 heavy (non-hydrogen) atoms. The summed E-state index contributed by atoms with van der Waals surface area (Å²) in [6, 6.07) is 28.3. The van der Waals surface area contributed by atoms with Crippen LogP contribution in [0.1, 0.15) is 5.69 Å². The zero-order valence-corrected chi connectivity index (χ0v) is 21.2. The molecule has 0 aliphatic carbocycles. The molecule has 2 N–H and O–H groups in total. The van der Waals surface area contributed by atoms with Gasteiger partial charge < -0.3 is 9.88 Å². The van der Waals surface area contributed by atoms with Crippen LogP contribution in [0.5, 0.6) is 0 Å². The lowest BCUT2D eigenvalue weighted by Crippen LogP contribution is -2.30. The topological polar surface area (TPSA) is 112 Å². The summed E-state index contributed by atoms with van der Waals surface area (Å²) < 4.78 is 1.39. The van der Waals surface area contributed by atoms with Crippen molar-refractivity contribution in [2.24, 2.45) is 0 Å². The van der Waals surface area contributed by atoms with Crippen molar-refractivity contribution in [1.29, 1.82) is 0 Å². The second kappa shape index (κ2) is 9.32. The van der Waals surface area contributed by atoms with E-state index in [1.807, 2.05) is 91.0 Å². The van der Waals surface area contributed by atoms with Gasteiger partial charge in [0.1, 0.15) is 17.9 Å². The Labute approximate surface area is 227 Å². The smallest absolute Gasteiger partial charge is 0.324 e. The van der Waals surface area contributed by atoms with Crippen LogP contribution in [-0.4, -0.2) is 43.0 Å². The van der Waals surface area contributed by atoms with Gasteiger partial charge in [-0.05, 0) is 29.3 Å². The third-order valence-corrected chi connectivity index (χ3v) is 7.08. The van der Waals surface area contributed by atoms with Gasteiger partial charge in [-0.15, -0.1) is 0 Å². The van der Waals surface area contributed by atoms with Gasteiger partial charge in [-0.3, -0.25) is 19.9 Å². The molecule has 1 fully saturated rings. The summed E-state index contributed by atoms with van der Waals surface area (Å²) in [7, 11) is 0. The minimum Gasteiger partial charge on any atom is -0.341 e. The van der Waals surface area contributed by atoms with Gasteiger partial charge in [-0.25, -0.2) is 4.79 Å². The molecule has 194 valence electrons. The molecule has 3 amide bonds. The van der Waals surface area contributed by atoms with Crippen LogP contribution in [0, 0.1) is 0 Å². The van der Waals surface area contributed by atoms with E-state index >= 15 is 0 Å². The number of pyridine rings is 1. The van der Waals surface area contributed by atoms with E-state index in [4.69, 9.17) is 5.10 Å². The number of benzene rings is 3. The van der Waals surface area contributed by atoms with E-state index in [0.29, 0.717) is 28.2 Å². The molecule has 0 unspecified atom stereocenters. The predicted molar refractivity (Wildman–Crippen MR) is 151 cm³/mol. The molecule has 0 radical (unpaired) electrons. The molecule has 9 heteroatoms. The maximum atomic E-state index is 14.3. The van der Waals surface area contributed by atoms with E-state index in [1.54, 1.807) is 6.20 Å². The predicted octanol–water partition coefficient (Wildman–Crippen LogP) is 4.62. The number of nitrogens with zero attached hydrogens (tertiary/aromatic N) is 4. The van der Waals surface area contributed by atoms with Crippen LogP contribution < -0.4 is 10.9 Å². The highest BCUT2D eigenvalue weighted by molar-refractivity contribution is 6.02. The molecule has 0 saturated carbocycles. The molecule has 1 aliphatic rings. The fraction of sp³-hybridized carbons (Fsp3) is 0.0645. The third-order valence-electron chi connectivity index (χ3n) is 7.08. The van der Waals surface area contributed by atoms with Crippen LogP contribution >= 0.6 is 0 Å². The van der Waals surface area contributed by atoms with Gasteiger partial charge in [0.15, 0.2) is 0 Å². The van der Waals surface area contributed by atoms with Crippen LogP contribution in [0.2, 0.25) is 0 Å². The van der Waals surface area contributed by atoms with Crippen LogP contribution in [0.15, 0.2) is 102 Å². The average Bonchev–Trinajstić information content (AvgIpc) is 3.52. The number of nitrogens with one attached hydrogen (secondary N) is 2. The van der Waals surface area contributed by atoms with Gasteiger partial charge in [0.2, 0.25) is 5.91 Å². The van der Waals surface area contributed by atoms with Crippen molar-refractivity contribution in [2.75, 3.05) is 6.54 Å². The Hall–Kier alpha value is -5.57. The number of fused-ring (bicyclic) bond motifs is 2. The summed E-state index contributed by atoms with van der Waals surface area (Å²) >= 11 is 0. The third kappa shape index (κ3) is 3.92. The largest absolute Gasteiger partial charge is 0.341 e. The van der Waals surface area contributed by atoms with Crippen molar-refractivity contribution in [3.05, 3.63) is 113 Å². The monoisotopic (exact) mass is 526 g/mol. The molecule has 0 spiro atoms. The molecule has 1 saturated heterocycles. The molecule has 6 aromatic rings. The Bertz CT molecular complexity index is 2000. The fourth-order valence-electron chi connectivity index (χ4n) is 5.25. The lowest BCUT2D eigenvalue weighted by molar-refractivity contribution is -0.118. The number of amides is 3. The number of hydrogen-bond acceptors (Lipinski definition) is 5. The lowest BCUT2D eigenvalue weighted by atomic mass is 10.0. The van der Waals surface area contributed by atoms with E-state index in [2.05, 4.69) is 15.3 Å². The standard InChI is InChI=1S/C31H22N6O3/c38-25-18-36(31(40)34-25)17-24-26(22-13-14-23-21(16-22)12-7-15-32-23)30(39)37-29(33-24)27(19-8-3-1-4-9-19)28(35-37)20-10-5-2-6-11-20/h1-16,33H,17-18H2,(H,34,38,40). The zero-order valence-electron chi connectivity index (χ0n) is 21.2. The van der Waals surface area contributed by atoms with Crippen LogP contribution in [-0.2, 0) is 11.3 Å². The SMILES string of the molecule is O=C1CN(Cc2[nH]c3c(-c4ccccc4)c(-c4ccccc4)nn3c(=O)c2-c2ccc3ncccc3c2)C(=O)N1. The Morgan fingerprint density at radius 2 is 1.52 bits per heavy atom.